The summed E-state index contributed by atoms with van der Waals surface area (Å²) in [6, 6.07) is 11.2. The van der Waals surface area contributed by atoms with Gasteiger partial charge in [-0.1, -0.05) is 12.1 Å². The van der Waals surface area contributed by atoms with Crippen LogP contribution in [-0.4, -0.2) is 18.2 Å². The van der Waals surface area contributed by atoms with Crippen molar-refractivity contribution in [1.29, 1.82) is 0 Å². The lowest BCUT2D eigenvalue weighted by Crippen LogP contribution is -1.95. The van der Waals surface area contributed by atoms with Crippen molar-refractivity contribution in [3.05, 3.63) is 52.2 Å². The summed E-state index contributed by atoms with van der Waals surface area (Å²) in [5.41, 5.74) is 0. The smallest absolute Gasteiger partial charge is 0.328 e. The number of para-hydroxylation sites is 2. The number of methoxy groups -OCH3 is 1. The van der Waals surface area contributed by atoms with Gasteiger partial charge in [0.2, 0.25) is 0 Å². The molecular weight excluding hydrogens is 276 g/mol. The second-order valence-electron chi connectivity index (χ2n) is 3.92. The molecule has 0 saturated carbocycles. The Kier molecular flexibility index (Phi) is 4.79. The zero-order valence-electron chi connectivity index (χ0n) is 10.9. The fourth-order valence-corrected chi connectivity index (χ4v) is 2.43. The molecule has 4 nitrogen and oxygen atoms in total. The first-order chi connectivity index (χ1) is 9.69. The van der Waals surface area contributed by atoms with Crippen LogP contribution in [0.25, 0.3) is 6.08 Å². The molecule has 0 atom stereocenters. The van der Waals surface area contributed by atoms with Crippen molar-refractivity contribution in [2.45, 2.75) is 6.61 Å². The Hall–Kier alpha value is -2.27. The monoisotopic (exact) mass is 290 g/mol. The summed E-state index contributed by atoms with van der Waals surface area (Å²) in [4.78, 5) is 12.3. The van der Waals surface area contributed by atoms with E-state index in [2.05, 4.69) is 0 Å². The van der Waals surface area contributed by atoms with Gasteiger partial charge in [0.05, 0.1) is 7.11 Å². The third kappa shape index (κ3) is 3.86. The van der Waals surface area contributed by atoms with Crippen LogP contribution in [0.15, 0.2) is 42.5 Å². The van der Waals surface area contributed by atoms with Crippen molar-refractivity contribution >= 4 is 23.4 Å². The lowest BCUT2D eigenvalue weighted by Gasteiger charge is -2.08. The molecule has 5 heteroatoms. The largest absolute Gasteiger partial charge is 0.493 e. The number of benzene rings is 1. The van der Waals surface area contributed by atoms with E-state index in [-0.39, 0.29) is 0 Å². The highest BCUT2D eigenvalue weighted by Crippen LogP contribution is 2.27. The fourth-order valence-electron chi connectivity index (χ4n) is 1.60. The Morgan fingerprint density at radius 1 is 1.25 bits per heavy atom. The maximum absolute atomic E-state index is 10.4. The summed E-state index contributed by atoms with van der Waals surface area (Å²) in [5.74, 6) is 0.423. The van der Waals surface area contributed by atoms with Crippen molar-refractivity contribution in [1.82, 2.24) is 0 Å². The number of carboxylic acid groups (broad SMARTS) is 1. The van der Waals surface area contributed by atoms with Crippen LogP contribution in [0.1, 0.15) is 9.75 Å². The molecule has 1 aromatic carbocycles. The molecular formula is C15H14O4S. The van der Waals surface area contributed by atoms with Crippen molar-refractivity contribution in [3.8, 4) is 11.5 Å². The predicted molar refractivity (Wildman–Crippen MR) is 78.3 cm³/mol. The van der Waals surface area contributed by atoms with Gasteiger partial charge < -0.3 is 14.6 Å². The van der Waals surface area contributed by atoms with Gasteiger partial charge in [-0.15, -0.1) is 11.3 Å². The average Bonchev–Trinajstić information content (AvgIpc) is 2.91. The van der Waals surface area contributed by atoms with Crippen molar-refractivity contribution in [3.63, 3.8) is 0 Å². The molecule has 2 aromatic rings. The fraction of sp³-hybridized carbons (Fsp3) is 0.133. The van der Waals surface area contributed by atoms with Crippen LogP contribution in [0.5, 0.6) is 11.5 Å². The summed E-state index contributed by atoms with van der Waals surface area (Å²) in [6.45, 7) is 0.423. The molecule has 20 heavy (non-hydrogen) atoms. The lowest BCUT2D eigenvalue weighted by molar-refractivity contribution is -0.131. The van der Waals surface area contributed by atoms with E-state index in [1.165, 1.54) is 11.3 Å². The number of carboxylic acids is 1. The molecule has 0 fully saturated rings. The minimum atomic E-state index is -0.953. The number of rotatable bonds is 6. The van der Waals surface area contributed by atoms with Gasteiger partial charge in [-0.25, -0.2) is 4.79 Å². The third-order valence-electron chi connectivity index (χ3n) is 2.51. The molecule has 0 aliphatic rings. The minimum absolute atomic E-state index is 0.423. The van der Waals surface area contributed by atoms with Gasteiger partial charge in [0.1, 0.15) is 6.61 Å². The Morgan fingerprint density at radius 2 is 2.00 bits per heavy atom. The molecule has 104 valence electrons. The second-order valence-corrected chi connectivity index (χ2v) is 5.12. The Bertz CT molecular complexity index is 616. The van der Waals surface area contributed by atoms with E-state index in [4.69, 9.17) is 14.6 Å². The van der Waals surface area contributed by atoms with E-state index < -0.39 is 5.97 Å². The standard InChI is InChI=1S/C15H14O4S/c1-18-13-4-2-3-5-14(13)19-10-12-7-6-11(20-12)8-9-15(16)17/h2-9H,10H2,1H3,(H,16,17). The number of ether oxygens (including phenoxy) is 2. The normalized spacial score (nSPS) is 10.7. The number of carbonyl (C=O) groups is 1. The molecule has 1 N–H and O–H groups in total. The SMILES string of the molecule is COc1ccccc1OCc1ccc(C=CC(=O)O)s1. The van der Waals surface area contributed by atoms with Gasteiger partial charge in [-0.2, -0.15) is 0 Å². The molecule has 0 spiro atoms. The van der Waals surface area contributed by atoms with E-state index in [1.54, 1.807) is 13.2 Å². The predicted octanol–water partition coefficient (Wildman–Crippen LogP) is 3.43. The van der Waals surface area contributed by atoms with Gasteiger partial charge in [0.25, 0.3) is 0 Å². The summed E-state index contributed by atoms with van der Waals surface area (Å²) in [5, 5.41) is 8.57. The van der Waals surface area contributed by atoms with E-state index in [0.717, 1.165) is 15.8 Å². The minimum Gasteiger partial charge on any atom is -0.493 e. The molecule has 0 saturated heterocycles. The van der Waals surface area contributed by atoms with Crippen molar-refractivity contribution in [2.24, 2.45) is 0 Å². The highest BCUT2D eigenvalue weighted by Gasteiger charge is 2.04. The van der Waals surface area contributed by atoms with E-state index in [9.17, 15) is 4.79 Å². The Morgan fingerprint density at radius 3 is 2.70 bits per heavy atom. The van der Waals surface area contributed by atoms with Gasteiger partial charge in [-0.05, 0) is 30.3 Å². The van der Waals surface area contributed by atoms with Crippen LogP contribution in [-0.2, 0) is 11.4 Å². The Balaban J connectivity index is 1.99. The Labute approximate surface area is 120 Å². The number of thiophene rings is 1. The molecule has 0 bridgehead atoms. The quantitative estimate of drug-likeness (QED) is 0.828. The van der Waals surface area contributed by atoms with Crippen molar-refractivity contribution in [2.75, 3.05) is 7.11 Å². The van der Waals surface area contributed by atoms with Gasteiger partial charge >= 0.3 is 5.97 Å². The van der Waals surface area contributed by atoms with Crippen molar-refractivity contribution < 1.29 is 19.4 Å². The van der Waals surface area contributed by atoms with Crippen LogP contribution in [0.2, 0.25) is 0 Å². The van der Waals surface area contributed by atoms with Gasteiger partial charge in [-0.3, -0.25) is 0 Å². The lowest BCUT2D eigenvalue weighted by atomic mass is 10.3. The molecule has 1 heterocycles. The maximum Gasteiger partial charge on any atom is 0.328 e. The van der Waals surface area contributed by atoms with Crippen LogP contribution in [0.4, 0.5) is 0 Å². The molecule has 0 aliphatic carbocycles. The van der Waals surface area contributed by atoms with Crippen LogP contribution >= 0.6 is 11.3 Å². The first-order valence-corrected chi connectivity index (χ1v) is 6.76. The number of hydrogen-bond acceptors (Lipinski definition) is 4. The van der Waals surface area contributed by atoms with Crippen LogP contribution in [0.3, 0.4) is 0 Å². The molecule has 0 aliphatic heterocycles. The summed E-state index contributed by atoms with van der Waals surface area (Å²) < 4.78 is 10.9. The molecule has 0 amide bonds. The summed E-state index contributed by atoms with van der Waals surface area (Å²) in [7, 11) is 1.60. The zero-order valence-corrected chi connectivity index (χ0v) is 11.7. The van der Waals surface area contributed by atoms with E-state index in [1.807, 2.05) is 36.4 Å². The third-order valence-corrected chi connectivity index (χ3v) is 3.54. The number of aliphatic carboxylic acids is 1. The second kappa shape index (κ2) is 6.77. The maximum atomic E-state index is 10.4. The first-order valence-electron chi connectivity index (χ1n) is 5.94. The number of hydrogen-bond donors (Lipinski definition) is 1. The van der Waals surface area contributed by atoms with Gasteiger partial charge in [0.15, 0.2) is 11.5 Å². The molecule has 1 aromatic heterocycles. The summed E-state index contributed by atoms with van der Waals surface area (Å²) in [6.07, 6.45) is 2.69. The molecule has 0 unspecified atom stereocenters. The zero-order chi connectivity index (χ0) is 14.4. The first kappa shape index (κ1) is 14.1. The molecule has 0 radical (unpaired) electrons. The highest BCUT2D eigenvalue weighted by atomic mass is 32.1. The van der Waals surface area contributed by atoms with Gasteiger partial charge in [0, 0.05) is 15.8 Å². The van der Waals surface area contributed by atoms with E-state index >= 15 is 0 Å². The topological polar surface area (TPSA) is 55.8 Å². The summed E-state index contributed by atoms with van der Waals surface area (Å²) >= 11 is 1.49. The van der Waals surface area contributed by atoms with Crippen LogP contribution < -0.4 is 9.47 Å². The van der Waals surface area contributed by atoms with E-state index in [0.29, 0.717) is 18.1 Å². The average molecular weight is 290 g/mol. The molecule has 2 rings (SSSR count). The van der Waals surface area contributed by atoms with Crippen LogP contribution in [0, 0.1) is 0 Å². The highest BCUT2D eigenvalue weighted by molar-refractivity contribution is 7.12.